The van der Waals surface area contributed by atoms with Crippen molar-refractivity contribution in [2.45, 2.75) is 12.8 Å². The molecular formula is C14H18N2. The number of rotatable bonds is 2. The molecule has 0 spiro atoms. The molecule has 0 saturated carbocycles. The van der Waals surface area contributed by atoms with Crippen LogP contribution in [0.15, 0.2) is 35.9 Å². The molecular weight excluding hydrogens is 196 g/mol. The SMILES string of the molecule is C(/CN1CCc2ccccc21)=C1/CCNC1. The van der Waals surface area contributed by atoms with Gasteiger partial charge >= 0.3 is 0 Å². The molecule has 0 radical (unpaired) electrons. The largest absolute Gasteiger partial charge is 0.367 e. The van der Waals surface area contributed by atoms with E-state index < -0.39 is 0 Å². The molecule has 2 heteroatoms. The number of fused-ring (bicyclic) bond motifs is 1. The second kappa shape index (κ2) is 4.30. The van der Waals surface area contributed by atoms with E-state index in [2.05, 4.69) is 40.6 Å². The molecule has 84 valence electrons. The van der Waals surface area contributed by atoms with E-state index in [1.165, 1.54) is 30.6 Å². The summed E-state index contributed by atoms with van der Waals surface area (Å²) in [5.41, 5.74) is 4.51. The van der Waals surface area contributed by atoms with Gasteiger partial charge in [-0.1, -0.05) is 29.8 Å². The van der Waals surface area contributed by atoms with Gasteiger partial charge < -0.3 is 10.2 Å². The van der Waals surface area contributed by atoms with Gasteiger partial charge in [0.15, 0.2) is 0 Å². The number of nitrogens with zero attached hydrogens (tertiary/aromatic N) is 1. The fourth-order valence-electron chi connectivity index (χ4n) is 2.60. The van der Waals surface area contributed by atoms with Gasteiger partial charge in [0, 0.05) is 25.3 Å². The third-order valence-electron chi connectivity index (χ3n) is 3.56. The summed E-state index contributed by atoms with van der Waals surface area (Å²) in [7, 11) is 0. The number of hydrogen-bond acceptors (Lipinski definition) is 2. The van der Waals surface area contributed by atoms with Crippen molar-refractivity contribution in [2.24, 2.45) is 0 Å². The molecule has 2 heterocycles. The highest BCUT2D eigenvalue weighted by Gasteiger charge is 2.17. The summed E-state index contributed by atoms with van der Waals surface area (Å²) >= 11 is 0. The zero-order chi connectivity index (χ0) is 10.8. The Labute approximate surface area is 97.0 Å². The quantitative estimate of drug-likeness (QED) is 0.757. The lowest BCUT2D eigenvalue weighted by molar-refractivity contribution is 0.862. The molecule has 0 bridgehead atoms. The molecule has 2 aliphatic heterocycles. The number of para-hydroxylation sites is 1. The molecule has 0 aliphatic carbocycles. The topological polar surface area (TPSA) is 15.3 Å². The third kappa shape index (κ3) is 1.85. The van der Waals surface area contributed by atoms with Crippen LogP contribution >= 0.6 is 0 Å². The summed E-state index contributed by atoms with van der Waals surface area (Å²) in [6.45, 7) is 4.50. The normalized spacial score (nSPS) is 21.8. The van der Waals surface area contributed by atoms with Gasteiger partial charge in [0.1, 0.15) is 0 Å². The maximum atomic E-state index is 3.38. The van der Waals surface area contributed by atoms with Gasteiger partial charge in [-0.25, -0.2) is 0 Å². The van der Waals surface area contributed by atoms with E-state index >= 15 is 0 Å². The summed E-state index contributed by atoms with van der Waals surface area (Å²) in [6.07, 6.45) is 4.84. The molecule has 0 atom stereocenters. The van der Waals surface area contributed by atoms with Gasteiger partial charge in [0.2, 0.25) is 0 Å². The highest BCUT2D eigenvalue weighted by Crippen LogP contribution is 2.27. The van der Waals surface area contributed by atoms with Crippen LogP contribution < -0.4 is 10.2 Å². The Morgan fingerprint density at radius 2 is 2.19 bits per heavy atom. The van der Waals surface area contributed by atoms with E-state index in [1.807, 2.05) is 0 Å². The second-order valence-electron chi connectivity index (χ2n) is 4.61. The van der Waals surface area contributed by atoms with E-state index in [9.17, 15) is 0 Å². The number of anilines is 1. The maximum Gasteiger partial charge on any atom is 0.0402 e. The van der Waals surface area contributed by atoms with Gasteiger partial charge in [0.25, 0.3) is 0 Å². The predicted molar refractivity (Wildman–Crippen MR) is 67.9 cm³/mol. The highest BCUT2D eigenvalue weighted by atomic mass is 15.1. The zero-order valence-corrected chi connectivity index (χ0v) is 9.58. The van der Waals surface area contributed by atoms with Crippen LogP contribution in [0, 0.1) is 0 Å². The Kier molecular flexibility index (Phi) is 2.66. The van der Waals surface area contributed by atoms with Crippen molar-refractivity contribution in [1.82, 2.24) is 5.32 Å². The lowest BCUT2D eigenvalue weighted by atomic mass is 10.2. The summed E-state index contributed by atoms with van der Waals surface area (Å²) in [5.74, 6) is 0. The molecule has 2 aliphatic rings. The lowest BCUT2D eigenvalue weighted by Gasteiger charge is -2.17. The van der Waals surface area contributed by atoms with Gasteiger partial charge in [-0.2, -0.15) is 0 Å². The fraction of sp³-hybridized carbons (Fsp3) is 0.429. The molecule has 3 rings (SSSR count). The lowest BCUT2D eigenvalue weighted by Crippen LogP contribution is -2.20. The molecule has 16 heavy (non-hydrogen) atoms. The van der Waals surface area contributed by atoms with Crippen molar-refractivity contribution in [3.8, 4) is 0 Å². The molecule has 1 fully saturated rings. The maximum absolute atomic E-state index is 3.38. The standard InChI is InChI=1S/C14H18N2/c1-2-4-14-13(3-1)7-10-16(14)9-6-12-5-8-15-11-12/h1-4,6,15H,5,7-11H2/b12-6+. The monoisotopic (exact) mass is 214 g/mol. The predicted octanol–water partition coefficient (Wildman–Crippen LogP) is 1.97. The van der Waals surface area contributed by atoms with Crippen LogP contribution in [0.5, 0.6) is 0 Å². The summed E-state index contributed by atoms with van der Waals surface area (Å²) < 4.78 is 0. The Bertz CT molecular complexity index is 401. The first-order valence-electron chi connectivity index (χ1n) is 6.15. The highest BCUT2D eigenvalue weighted by molar-refractivity contribution is 5.58. The van der Waals surface area contributed by atoms with Crippen molar-refractivity contribution in [3.05, 3.63) is 41.5 Å². The Balaban J connectivity index is 1.71. The van der Waals surface area contributed by atoms with Crippen molar-refractivity contribution in [3.63, 3.8) is 0 Å². The molecule has 1 saturated heterocycles. The van der Waals surface area contributed by atoms with E-state index in [1.54, 1.807) is 5.57 Å². The van der Waals surface area contributed by atoms with Crippen molar-refractivity contribution in [1.29, 1.82) is 0 Å². The molecule has 0 unspecified atom stereocenters. The number of nitrogens with one attached hydrogen (secondary N) is 1. The van der Waals surface area contributed by atoms with Crippen LogP contribution in [0.1, 0.15) is 12.0 Å². The number of hydrogen-bond donors (Lipinski definition) is 1. The first kappa shape index (κ1) is 9.91. The van der Waals surface area contributed by atoms with Gasteiger partial charge in [-0.3, -0.25) is 0 Å². The van der Waals surface area contributed by atoms with Crippen LogP contribution in [-0.4, -0.2) is 26.2 Å². The van der Waals surface area contributed by atoms with Crippen molar-refractivity contribution >= 4 is 5.69 Å². The smallest absolute Gasteiger partial charge is 0.0402 e. The van der Waals surface area contributed by atoms with Gasteiger partial charge in [-0.15, -0.1) is 0 Å². The molecule has 1 aromatic carbocycles. The minimum absolute atomic E-state index is 1.08. The molecule has 2 nitrogen and oxygen atoms in total. The first-order valence-corrected chi connectivity index (χ1v) is 6.15. The summed E-state index contributed by atoms with van der Waals surface area (Å²) in [4.78, 5) is 2.49. The van der Waals surface area contributed by atoms with Crippen molar-refractivity contribution in [2.75, 3.05) is 31.1 Å². The Morgan fingerprint density at radius 1 is 1.25 bits per heavy atom. The first-order chi connectivity index (χ1) is 7.93. The third-order valence-corrected chi connectivity index (χ3v) is 3.56. The number of benzene rings is 1. The van der Waals surface area contributed by atoms with Crippen molar-refractivity contribution < 1.29 is 0 Å². The van der Waals surface area contributed by atoms with E-state index in [0.717, 1.165) is 19.6 Å². The molecule has 0 amide bonds. The van der Waals surface area contributed by atoms with Gasteiger partial charge in [0.05, 0.1) is 0 Å². The molecule has 0 aromatic heterocycles. The van der Waals surface area contributed by atoms with E-state index in [4.69, 9.17) is 0 Å². The van der Waals surface area contributed by atoms with Crippen LogP contribution in [0.25, 0.3) is 0 Å². The van der Waals surface area contributed by atoms with Crippen LogP contribution in [0.4, 0.5) is 5.69 Å². The summed E-state index contributed by atoms with van der Waals surface area (Å²) in [6, 6.07) is 8.77. The van der Waals surface area contributed by atoms with Crippen LogP contribution in [0.2, 0.25) is 0 Å². The average Bonchev–Trinajstić information content (AvgIpc) is 2.96. The minimum Gasteiger partial charge on any atom is -0.367 e. The van der Waals surface area contributed by atoms with Crippen LogP contribution in [-0.2, 0) is 6.42 Å². The minimum atomic E-state index is 1.08. The molecule has 1 N–H and O–H groups in total. The fourth-order valence-corrected chi connectivity index (χ4v) is 2.60. The Morgan fingerprint density at radius 3 is 3.06 bits per heavy atom. The zero-order valence-electron chi connectivity index (χ0n) is 9.58. The van der Waals surface area contributed by atoms with E-state index in [0.29, 0.717) is 0 Å². The summed E-state index contributed by atoms with van der Waals surface area (Å²) in [5, 5.41) is 3.38. The Hall–Kier alpha value is -1.28. The molecule has 1 aromatic rings. The van der Waals surface area contributed by atoms with E-state index in [-0.39, 0.29) is 0 Å². The average molecular weight is 214 g/mol. The van der Waals surface area contributed by atoms with Gasteiger partial charge in [-0.05, 0) is 31.0 Å². The van der Waals surface area contributed by atoms with Crippen LogP contribution in [0.3, 0.4) is 0 Å². The second-order valence-corrected chi connectivity index (χ2v) is 4.61.